The van der Waals surface area contributed by atoms with E-state index < -0.39 is 10.8 Å². The number of amides is 1. The predicted octanol–water partition coefficient (Wildman–Crippen LogP) is 4.15. The van der Waals surface area contributed by atoms with Crippen LogP contribution < -0.4 is 19.1 Å². The van der Waals surface area contributed by atoms with Crippen LogP contribution in [0.3, 0.4) is 0 Å². The molecule has 2 aromatic carbocycles. The lowest BCUT2D eigenvalue weighted by atomic mass is 9.76. The molecule has 172 valence electrons. The summed E-state index contributed by atoms with van der Waals surface area (Å²) in [5.74, 6) is 0.427. The maximum Gasteiger partial charge on any atom is 0.293 e. The van der Waals surface area contributed by atoms with Gasteiger partial charge >= 0.3 is 0 Å². The van der Waals surface area contributed by atoms with E-state index >= 15 is 0 Å². The quantitative estimate of drug-likeness (QED) is 0.478. The van der Waals surface area contributed by atoms with Gasteiger partial charge in [-0.15, -0.1) is 0 Å². The van der Waals surface area contributed by atoms with Gasteiger partial charge in [0, 0.05) is 47.7 Å². The number of hydrogen-bond donors (Lipinski definition) is 0. The van der Waals surface area contributed by atoms with Crippen molar-refractivity contribution in [3.8, 4) is 17.2 Å². The van der Waals surface area contributed by atoms with Gasteiger partial charge in [0.25, 0.3) is 5.69 Å². The summed E-state index contributed by atoms with van der Waals surface area (Å²) in [5.41, 5.74) is 1.63. The topological polar surface area (TPSA) is 108 Å². The molecule has 9 heteroatoms. The second kappa shape index (κ2) is 8.93. The van der Waals surface area contributed by atoms with E-state index in [2.05, 4.69) is 0 Å². The van der Waals surface area contributed by atoms with E-state index in [0.717, 1.165) is 0 Å². The number of para-hydroxylation sites is 2. The van der Waals surface area contributed by atoms with E-state index in [1.807, 2.05) is 0 Å². The third-order valence-corrected chi connectivity index (χ3v) is 6.11. The Morgan fingerprint density at radius 3 is 2.30 bits per heavy atom. The Kier molecular flexibility index (Phi) is 6.04. The molecule has 1 aliphatic heterocycles. The summed E-state index contributed by atoms with van der Waals surface area (Å²) in [7, 11) is 4.52. The number of carbonyl (C=O) groups is 2. The molecular formula is C24H24N2O7. The van der Waals surface area contributed by atoms with E-state index in [1.165, 1.54) is 38.4 Å². The number of ether oxygens (including phenoxy) is 3. The lowest BCUT2D eigenvalue weighted by molar-refractivity contribution is -0.384. The van der Waals surface area contributed by atoms with Crippen LogP contribution in [0.25, 0.3) is 0 Å². The van der Waals surface area contributed by atoms with Crippen LogP contribution in [0.1, 0.15) is 37.2 Å². The highest BCUT2D eigenvalue weighted by molar-refractivity contribution is 6.08. The summed E-state index contributed by atoms with van der Waals surface area (Å²) in [6, 6.07) is 9.48. The summed E-state index contributed by atoms with van der Waals surface area (Å²) >= 11 is 0. The van der Waals surface area contributed by atoms with Crippen LogP contribution in [-0.4, -0.2) is 37.9 Å². The normalized spacial score (nSPS) is 18.2. The van der Waals surface area contributed by atoms with E-state index in [4.69, 9.17) is 14.2 Å². The van der Waals surface area contributed by atoms with Crippen molar-refractivity contribution in [3.63, 3.8) is 0 Å². The highest BCUT2D eigenvalue weighted by Crippen LogP contribution is 2.48. The summed E-state index contributed by atoms with van der Waals surface area (Å²) in [6.45, 7) is 0. The van der Waals surface area contributed by atoms with Gasteiger partial charge in [0.15, 0.2) is 17.3 Å². The minimum absolute atomic E-state index is 0.0392. The number of benzene rings is 2. The van der Waals surface area contributed by atoms with Crippen molar-refractivity contribution in [3.05, 3.63) is 63.3 Å². The van der Waals surface area contributed by atoms with E-state index in [9.17, 15) is 19.7 Å². The Morgan fingerprint density at radius 2 is 1.64 bits per heavy atom. The zero-order chi connectivity index (χ0) is 23.7. The van der Waals surface area contributed by atoms with Gasteiger partial charge < -0.3 is 14.2 Å². The molecule has 1 atom stereocenters. The van der Waals surface area contributed by atoms with Crippen molar-refractivity contribution in [1.82, 2.24) is 0 Å². The fourth-order valence-corrected chi connectivity index (χ4v) is 4.67. The number of hydrogen-bond acceptors (Lipinski definition) is 7. The molecule has 1 aliphatic carbocycles. The third-order valence-electron chi connectivity index (χ3n) is 6.11. The zero-order valence-corrected chi connectivity index (χ0v) is 18.6. The number of Topliss-reactive ketones (excluding diaryl/α,β-unsaturated/α-hetero) is 1. The molecular weight excluding hydrogens is 428 g/mol. The Morgan fingerprint density at radius 1 is 0.970 bits per heavy atom. The molecule has 0 spiro atoms. The van der Waals surface area contributed by atoms with Crippen molar-refractivity contribution >= 4 is 23.1 Å². The first-order valence-corrected chi connectivity index (χ1v) is 10.5. The fraction of sp³-hybridized carbons (Fsp3) is 0.333. The standard InChI is InChI=1S/C24H24N2O7/c1-31-20-13-22(33-3)21(32-2)11-14(20)15-12-23(28)25(18-9-6-10-19(27)24(15)18)16-7-4-5-8-17(16)26(29)30/h4-5,7-8,11,13,15H,6,9-10,12H2,1-3H3. The molecule has 0 bridgehead atoms. The molecule has 0 fully saturated rings. The first-order valence-electron chi connectivity index (χ1n) is 10.5. The Bertz CT molecular complexity index is 1170. The molecule has 1 heterocycles. The number of methoxy groups -OCH3 is 3. The molecule has 0 aromatic heterocycles. The average molecular weight is 452 g/mol. The highest BCUT2D eigenvalue weighted by Gasteiger charge is 2.42. The molecule has 0 N–H and O–H groups in total. The third kappa shape index (κ3) is 3.79. The number of nitro groups is 1. The van der Waals surface area contributed by atoms with Crippen LogP contribution in [0.15, 0.2) is 47.7 Å². The lowest BCUT2D eigenvalue weighted by Gasteiger charge is -2.38. The molecule has 0 saturated heterocycles. The van der Waals surface area contributed by atoms with Crippen LogP contribution in [0.5, 0.6) is 17.2 Å². The number of allylic oxidation sites excluding steroid dienone is 2. The minimum atomic E-state index is -0.561. The minimum Gasteiger partial charge on any atom is -0.496 e. The van der Waals surface area contributed by atoms with Crippen molar-refractivity contribution in [2.75, 3.05) is 26.2 Å². The van der Waals surface area contributed by atoms with E-state index in [1.54, 1.807) is 24.3 Å². The predicted molar refractivity (Wildman–Crippen MR) is 120 cm³/mol. The smallest absolute Gasteiger partial charge is 0.293 e. The maximum atomic E-state index is 13.5. The summed E-state index contributed by atoms with van der Waals surface area (Å²) in [4.78, 5) is 39.1. The molecule has 1 unspecified atom stereocenters. The highest BCUT2D eigenvalue weighted by atomic mass is 16.6. The molecule has 2 aromatic rings. The van der Waals surface area contributed by atoms with Gasteiger partial charge in [-0.2, -0.15) is 0 Å². The first-order chi connectivity index (χ1) is 15.9. The monoisotopic (exact) mass is 452 g/mol. The summed E-state index contributed by atoms with van der Waals surface area (Å²) in [6.07, 6.45) is 1.34. The second-order valence-corrected chi connectivity index (χ2v) is 7.82. The van der Waals surface area contributed by atoms with Crippen molar-refractivity contribution in [2.24, 2.45) is 0 Å². The number of carbonyl (C=O) groups excluding carboxylic acids is 2. The molecule has 4 rings (SSSR count). The number of nitrogens with zero attached hydrogens (tertiary/aromatic N) is 2. The van der Waals surface area contributed by atoms with Gasteiger partial charge in [-0.05, 0) is 25.0 Å². The first kappa shape index (κ1) is 22.3. The van der Waals surface area contributed by atoms with Crippen LogP contribution in [0.4, 0.5) is 11.4 Å². The van der Waals surface area contributed by atoms with Crippen molar-refractivity contribution in [2.45, 2.75) is 31.6 Å². The maximum absolute atomic E-state index is 13.5. The van der Waals surface area contributed by atoms with Gasteiger partial charge in [-0.25, -0.2) is 0 Å². The Balaban J connectivity index is 1.93. The Hall–Kier alpha value is -3.88. The second-order valence-electron chi connectivity index (χ2n) is 7.82. The molecule has 0 radical (unpaired) electrons. The summed E-state index contributed by atoms with van der Waals surface area (Å²) in [5, 5.41) is 11.6. The lowest BCUT2D eigenvalue weighted by Crippen LogP contribution is -2.40. The number of ketones is 1. The molecule has 9 nitrogen and oxygen atoms in total. The van der Waals surface area contributed by atoms with E-state index in [-0.39, 0.29) is 29.5 Å². The van der Waals surface area contributed by atoms with Gasteiger partial charge in [-0.1, -0.05) is 12.1 Å². The van der Waals surface area contributed by atoms with Gasteiger partial charge in [-0.3, -0.25) is 24.6 Å². The van der Waals surface area contributed by atoms with Gasteiger partial charge in [0.2, 0.25) is 5.91 Å². The Labute approximate surface area is 190 Å². The van der Waals surface area contributed by atoms with Crippen molar-refractivity contribution in [1.29, 1.82) is 0 Å². The zero-order valence-electron chi connectivity index (χ0n) is 18.6. The average Bonchev–Trinajstić information content (AvgIpc) is 2.82. The SMILES string of the molecule is COc1cc(OC)c(C2CC(=O)N(c3ccccc3[N+](=O)[O-])C3=C2C(=O)CCC3)cc1OC. The number of rotatable bonds is 6. The van der Waals surface area contributed by atoms with Crippen LogP contribution in [-0.2, 0) is 9.59 Å². The molecule has 33 heavy (non-hydrogen) atoms. The van der Waals surface area contributed by atoms with Crippen LogP contribution in [0, 0.1) is 10.1 Å². The molecule has 1 amide bonds. The van der Waals surface area contributed by atoms with Gasteiger partial charge in [0.05, 0.1) is 26.3 Å². The molecule has 2 aliphatic rings. The summed E-state index contributed by atoms with van der Waals surface area (Å²) < 4.78 is 16.4. The number of anilines is 1. The van der Waals surface area contributed by atoms with Crippen LogP contribution >= 0.6 is 0 Å². The van der Waals surface area contributed by atoms with Crippen LogP contribution in [0.2, 0.25) is 0 Å². The fourth-order valence-electron chi connectivity index (χ4n) is 4.67. The van der Waals surface area contributed by atoms with Gasteiger partial charge in [0.1, 0.15) is 11.4 Å². The van der Waals surface area contributed by atoms with Crippen molar-refractivity contribution < 1.29 is 28.7 Å². The molecule has 0 saturated carbocycles. The van der Waals surface area contributed by atoms with E-state index in [0.29, 0.717) is 53.3 Å². The number of nitro benzene ring substituents is 1. The largest absolute Gasteiger partial charge is 0.496 e.